The number of carbonyl (C=O) groups is 1. The average Bonchev–Trinajstić information content (AvgIpc) is 3.20. The summed E-state index contributed by atoms with van der Waals surface area (Å²) in [5, 5.41) is 6.95. The molecule has 1 atom stereocenters. The zero-order chi connectivity index (χ0) is 14.5. The van der Waals surface area contributed by atoms with Gasteiger partial charge in [0, 0.05) is 18.9 Å². The first-order chi connectivity index (χ1) is 10.3. The highest BCUT2D eigenvalue weighted by atomic mass is 32.1. The van der Waals surface area contributed by atoms with Gasteiger partial charge in [0.25, 0.3) is 5.91 Å². The molecule has 0 radical (unpaired) electrons. The molecule has 2 aromatic heterocycles. The molecule has 1 saturated heterocycles. The van der Waals surface area contributed by atoms with Crippen LogP contribution in [-0.2, 0) is 0 Å². The second kappa shape index (κ2) is 6.73. The van der Waals surface area contributed by atoms with Gasteiger partial charge >= 0.3 is 0 Å². The number of hydrogen-bond acceptors (Lipinski definition) is 6. The molecule has 1 unspecified atom stereocenters. The Morgan fingerprint density at radius 2 is 2.24 bits per heavy atom. The van der Waals surface area contributed by atoms with Gasteiger partial charge in [-0.1, -0.05) is 0 Å². The number of nitrogens with one attached hydrogen (secondary N) is 2. The monoisotopic (exact) mass is 303 g/mol. The summed E-state index contributed by atoms with van der Waals surface area (Å²) in [6, 6.07) is 1.75. The standard InChI is InChI=1S/C14H17N5OS/c20-13(18-7-3-10-2-6-15-8-10)11-9-19-14(21-11)12-16-4-1-5-17-12/h1,4-5,9-10,15H,2-3,6-8H2,(H,18,20). The quantitative estimate of drug-likeness (QED) is 0.871. The van der Waals surface area contributed by atoms with Crippen molar-refractivity contribution in [1.29, 1.82) is 0 Å². The van der Waals surface area contributed by atoms with Crippen molar-refractivity contribution < 1.29 is 4.79 Å². The van der Waals surface area contributed by atoms with Crippen molar-refractivity contribution in [3.05, 3.63) is 29.5 Å². The van der Waals surface area contributed by atoms with Gasteiger partial charge in [0.15, 0.2) is 10.8 Å². The summed E-state index contributed by atoms with van der Waals surface area (Å²) in [4.78, 5) is 25.1. The third-order valence-electron chi connectivity index (χ3n) is 3.49. The van der Waals surface area contributed by atoms with Gasteiger partial charge < -0.3 is 10.6 Å². The second-order valence-electron chi connectivity index (χ2n) is 5.01. The lowest BCUT2D eigenvalue weighted by molar-refractivity contribution is 0.0955. The van der Waals surface area contributed by atoms with Crippen LogP contribution in [0.5, 0.6) is 0 Å². The first-order valence-electron chi connectivity index (χ1n) is 7.05. The van der Waals surface area contributed by atoms with E-state index in [9.17, 15) is 4.79 Å². The van der Waals surface area contributed by atoms with Crippen molar-refractivity contribution in [1.82, 2.24) is 25.6 Å². The fraction of sp³-hybridized carbons (Fsp3) is 0.429. The predicted octanol–water partition coefficient (Wildman–Crippen LogP) is 1.33. The number of amides is 1. The third kappa shape index (κ3) is 3.62. The van der Waals surface area contributed by atoms with Crippen LogP contribution in [0, 0.1) is 5.92 Å². The van der Waals surface area contributed by atoms with Gasteiger partial charge in [0.05, 0.1) is 6.20 Å². The minimum absolute atomic E-state index is 0.0689. The molecule has 2 N–H and O–H groups in total. The Balaban J connectivity index is 1.54. The van der Waals surface area contributed by atoms with E-state index in [1.54, 1.807) is 24.7 Å². The van der Waals surface area contributed by atoms with Crippen LogP contribution in [0.1, 0.15) is 22.5 Å². The lowest BCUT2D eigenvalue weighted by atomic mass is 10.1. The molecule has 3 heterocycles. The highest BCUT2D eigenvalue weighted by Gasteiger charge is 2.16. The van der Waals surface area contributed by atoms with Crippen LogP contribution in [0.4, 0.5) is 0 Å². The van der Waals surface area contributed by atoms with Gasteiger partial charge in [-0.2, -0.15) is 0 Å². The van der Waals surface area contributed by atoms with Crippen LogP contribution in [0.3, 0.4) is 0 Å². The van der Waals surface area contributed by atoms with Gasteiger partial charge in [-0.25, -0.2) is 15.0 Å². The van der Waals surface area contributed by atoms with Gasteiger partial charge in [0.1, 0.15) is 4.88 Å². The highest BCUT2D eigenvalue weighted by molar-refractivity contribution is 7.16. The van der Waals surface area contributed by atoms with Gasteiger partial charge in [0.2, 0.25) is 0 Å². The average molecular weight is 303 g/mol. The zero-order valence-corrected chi connectivity index (χ0v) is 12.4. The van der Waals surface area contributed by atoms with E-state index in [0.29, 0.717) is 28.2 Å². The van der Waals surface area contributed by atoms with E-state index in [4.69, 9.17) is 0 Å². The summed E-state index contributed by atoms with van der Waals surface area (Å²) >= 11 is 1.32. The molecule has 1 amide bonds. The van der Waals surface area contributed by atoms with Crippen LogP contribution in [0.15, 0.2) is 24.7 Å². The molecule has 1 fully saturated rings. The van der Waals surface area contributed by atoms with Crippen LogP contribution in [0.2, 0.25) is 0 Å². The fourth-order valence-corrected chi connectivity index (χ4v) is 3.11. The number of hydrogen-bond donors (Lipinski definition) is 2. The smallest absolute Gasteiger partial charge is 0.263 e. The van der Waals surface area contributed by atoms with Crippen molar-refractivity contribution >= 4 is 17.2 Å². The van der Waals surface area contributed by atoms with E-state index in [1.807, 2.05) is 0 Å². The molecular weight excluding hydrogens is 286 g/mol. The molecule has 0 bridgehead atoms. The van der Waals surface area contributed by atoms with E-state index in [-0.39, 0.29) is 5.91 Å². The van der Waals surface area contributed by atoms with Crippen LogP contribution in [-0.4, -0.2) is 40.5 Å². The van der Waals surface area contributed by atoms with Gasteiger partial charge in [-0.15, -0.1) is 11.3 Å². The summed E-state index contributed by atoms with van der Waals surface area (Å²) in [6.45, 7) is 2.86. The van der Waals surface area contributed by atoms with Crippen LogP contribution < -0.4 is 10.6 Å². The Morgan fingerprint density at radius 3 is 3.00 bits per heavy atom. The third-order valence-corrected chi connectivity index (χ3v) is 4.48. The van der Waals surface area contributed by atoms with Crippen molar-refractivity contribution in [3.8, 4) is 10.8 Å². The van der Waals surface area contributed by atoms with E-state index in [0.717, 1.165) is 19.5 Å². The topological polar surface area (TPSA) is 79.8 Å². The number of thiazole rings is 1. The Bertz CT molecular complexity index is 594. The van der Waals surface area contributed by atoms with Crippen molar-refractivity contribution in [2.24, 2.45) is 5.92 Å². The summed E-state index contributed by atoms with van der Waals surface area (Å²) in [5.74, 6) is 1.17. The Morgan fingerprint density at radius 1 is 1.38 bits per heavy atom. The van der Waals surface area contributed by atoms with Crippen LogP contribution in [0.25, 0.3) is 10.8 Å². The number of aromatic nitrogens is 3. The predicted molar refractivity (Wildman–Crippen MR) is 81.1 cm³/mol. The van der Waals surface area contributed by atoms with Crippen LogP contribution >= 0.6 is 11.3 Å². The first kappa shape index (κ1) is 14.1. The molecule has 0 spiro atoms. The molecule has 6 nitrogen and oxygen atoms in total. The normalized spacial score (nSPS) is 17.8. The molecular formula is C14H17N5OS. The molecule has 1 aliphatic heterocycles. The van der Waals surface area contributed by atoms with E-state index in [2.05, 4.69) is 25.6 Å². The Kier molecular flexibility index (Phi) is 4.52. The zero-order valence-electron chi connectivity index (χ0n) is 11.6. The summed E-state index contributed by atoms with van der Waals surface area (Å²) in [5.41, 5.74) is 0. The Hall–Kier alpha value is -1.86. The van der Waals surface area contributed by atoms with Gasteiger partial charge in [-0.3, -0.25) is 4.79 Å². The first-order valence-corrected chi connectivity index (χ1v) is 7.87. The summed E-state index contributed by atoms with van der Waals surface area (Å²) in [6.07, 6.45) is 7.14. The molecule has 2 aromatic rings. The number of carbonyl (C=O) groups excluding carboxylic acids is 1. The fourth-order valence-electron chi connectivity index (χ4n) is 2.33. The molecule has 1 aliphatic rings. The summed E-state index contributed by atoms with van der Waals surface area (Å²) in [7, 11) is 0. The maximum absolute atomic E-state index is 12.1. The molecule has 3 rings (SSSR count). The minimum Gasteiger partial charge on any atom is -0.351 e. The van der Waals surface area contributed by atoms with E-state index >= 15 is 0 Å². The maximum atomic E-state index is 12.1. The largest absolute Gasteiger partial charge is 0.351 e. The molecule has 7 heteroatoms. The Labute approximate surface area is 127 Å². The molecule has 0 aromatic carbocycles. The lowest BCUT2D eigenvalue weighted by Gasteiger charge is -2.08. The molecule has 0 saturated carbocycles. The molecule has 21 heavy (non-hydrogen) atoms. The second-order valence-corrected chi connectivity index (χ2v) is 6.04. The SMILES string of the molecule is O=C(NCCC1CCNC1)c1cnc(-c2ncccn2)s1. The summed E-state index contributed by atoms with van der Waals surface area (Å²) < 4.78 is 0. The van der Waals surface area contributed by atoms with Gasteiger partial charge in [-0.05, 0) is 37.9 Å². The van der Waals surface area contributed by atoms with E-state index in [1.165, 1.54) is 17.8 Å². The van der Waals surface area contributed by atoms with E-state index < -0.39 is 0 Å². The maximum Gasteiger partial charge on any atom is 0.263 e. The molecule has 110 valence electrons. The number of rotatable bonds is 5. The van der Waals surface area contributed by atoms with Crippen molar-refractivity contribution in [2.45, 2.75) is 12.8 Å². The van der Waals surface area contributed by atoms with Crippen molar-refractivity contribution in [2.75, 3.05) is 19.6 Å². The van der Waals surface area contributed by atoms with Crippen molar-refractivity contribution in [3.63, 3.8) is 0 Å². The minimum atomic E-state index is -0.0689. The molecule has 0 aliphatic carbocycles. The number of nitrogens with zero attached hydrogens (tertiary/aromatic N) is 3. The highest BCUT2D eigenvalue weighted by Crippen LogP contribution is 2.21. The lowest BCUT2D eigenvalue weighted by Crippen LogP contribution is -2.25.